The first-order valence-electron chi connectivity index (χ1n) is 6.17. The molecule has 3 N–H and O–H groups in total. The molecule has 1 heterocycles. The van der Waals surface area contributed by atoms with E-state index in [0.29, 0.717) is 11.7 Å². The maximum Gasteiger partial charge on any atom is 0.125 e. The van der Waals surface area contributed by atoms with E-state index >= 15 is 0 Å². The van der Waals surface area contributed by atoms with Gasteiger partial charge in [-0.3, -0.25) is 0 Å². The fourth-order valence-corrected chi connectivity index (χ4v) is 3.09. The molecule has 1 fully saturated rings. The average Bonchev–Trinajstić information content (AvgIpc) is 2.79. The predicted molar refractivity (Wildman–Crippen MR) is 71.8 cm³/mol. The Kier molecular flexibility index (Phi) is 4.68. The standard InChI is InChI=1S/C13H19FN2S/c14-10-5-6-13(12(15)9-10)17-8-2-4-11-3-1-7-16-11/h5-6,9,11,16H,1-4,7-8,15H2. The van der Waals surface area contributed by atoms with Gasteiger partial charge in [0.2, 0.25) is 0 Å². The summed E-state index contributed by atoms with van der Waals surface area (Å²) in [5, 5.41) is 3.49. The predicted octanol–water partition coefficient (Wildman–Crippen LogP) is 3.03. The summed E-state index contributed by atoms with van der Waals surface area (Å²) >= 11 is 1.72. The number of hydrogen-bond acceptors (Lipinski definition) is 3. The summed E-state index contributed by atoms with van der Waals surface area (Å²) in [6.07, 6.45) is 5.03. The molecule has 1 aromatic rings. The van der Waals surface area contributed by atoms with Crippen molar-refractivity contribution in [2.45, 2.75) is 36.6 Å². The second-order valence-corrected chi connectivity index (χ2v) is 5.60. The van der Waals surface area contributed by atoms with Crippen molar-refractivity contribution in [3.8, 4) is 0 Å². The fourth-order valence-electron chi connectivity index (χ4n) is 2.17. The lowest BCUT2D eigenvalue weighted by atomic mass is 10.1. The van der Waals surface area contributed by atoms with Gasteiger partial charge in [0, 0.05) is 16.6 Å². The highest BCUT2D eigenvalue weighted by Crippen LogP contribution is 2.26. The van der Waals surface area contributed by atoms with Crippen LogP contribution in [-0.4, -0.2) is 18.3 Å². The molecular weight excluding hydrogens is 235 g/mol. The molecule has 4 heteroatoms. The molecule has 1 aliphatic heterocycles. The second-order valence-electron chi connectivity index (χ2n) is 4.47. The number of halogens is 1. The van der Waals surface area contributed by atoms with E-state index in [-0.39, 0.29) is 5.82 Å². The van der Waals surface area contributed by atoms with Crippen molar-refractivity contribution in [3.05, 3.63) is 24.0 Å². The third kappa shape index (κ3) is 3.89. The fraction of sp³-hybridized carbons (Fsp3) is 0.538. The first-order chi connectivity index (χ1) is 8.25. The molecule has 1 unspecified atom stereocenters. The van der Waals surface area contributed by atoms with E-state index in [9.17, 15) is 4.39 Å². The molecule has 0 aliphatic carbocycles. The maximum absolute atomic E-state index is 12.8. The Morgan fingerprint density at radius 3 is 3.06 bits per heavy atom. The van der Waals surface area contributed by atoms with Crippen molar-refractivity contribution < 1.29 is 4.39 Å². The van der Waals surface area contributed by atoms with Crippen LogP contribution in [0.3, 0.4) is 0 Å². The molecule has 0 aromatic heterocycles. The molecule has 2 rings (SSSR count). The van der Waals surface area contributed by atoms with Gasteiger partial charge in [0.1, 0.15) is 5.82 Å². The third-order valence-corrected chi connectivity index (χ3v) is 4.26. The number of thioether (sulfide) groups is 1. The number of anilines is 1. The highest BCUT2D eigenvalue weighted by Gasteiger charge is 2.13. The summed E-state index contributed by atoms with van der Waals surface area (Å²) in [4.78, 5) is 0.991. The van der Waals surface area contributed by atoms with Gasteiger partial charge in [-0.1, -0.05) is 0 Å². The lowest BCUT2D eigenvalue weighted by Crippen LogP contribution is -2.20. The summed E-state index contributed by atoms with van der Waals surface area (Å²) in [5.41, 5.74) is 6.30. The smallest absolute Gasteiger partial charge is 0.125 e. The molecule has 1 aromatic carbocycles. The molecule has 2 nitrogen and oxygen atoms in total. The second kappa shape index (κ2) is 6.26. The van der Waals surface area contributed by atoms with Crippen molar-refractivity contribution in [3.63, 3.8) is 0 Å². The van der Waals surface area contributed by atoms with Crippen LogP contribution in [0.15, 0.2) is 23.1 Å². The normalized spacial score (nSPS) is 19.7. The number of hydrogen-bond donors (Lipinski definition) is 2. The van der Waals surface area contributed by atoms with E-state index in [1.165, 1.54) is 44.4 Å². The third-order valence-electron chi connectivity index (χ3n) is 3.09. The Morgan fingerprint density at radius 2 is 2.35 bits per heavy atom. The number of nitrogen functional groups attached to an aromatic ring is 1. The van der Waals surface area contributed by atoms with Crippen molar-refractivity contribution >= 4 is 17.4 Å². The number of nitrogens with two attached hydrogens (primary N) is 1. The summed E-state index contributed by atoms with van der Waals surface area (Å²) in [5.74, 6) is 0.788. The van der Waals surface area contributed by atoms with Gasteiger partial charge in [-0.25, -0.2) is 4.39 Å². The van der Waals surface area contributed by atoms with Crippen LogP contribution in [0, 0.1) is 5.82 Å². The van der Waals surface area contributed by atoms with Gasteiger partial charge in [-0.15, -0.1) is 11.8 Å². The molecule has 0 saturated carbocycles. The minimum absolute atomic E-state index is 0.262. The highest BCUT2D eigenvalue weighted by molar-refractivity contribution is 7.99. The van der Waals surface area contributed by atoms with Crippen molar-refractivity contribution in [2.75, 3.05) is 18.0 Å². The van der Waals surface area contributed by atoms with Gasteiger partial charge in [-0.2, -0.15) is 0 Å². The van der Waals surface area contributed by atoms with Crippen LogP contribution in [0.2, 0.25) is 0 Å². The molecule has 0 amide bonds. The van der Waals surface area contributed by atoms with Crippen molar-refractivity contribution in [1.82, 2.24) is 5.32 Å². The van der Waals surface area contributed by atoms with Gasteiger partial charge < -0.3 is 11.1 Å². The van der Waals surface area contributed by atoms with Crippen LogP contribution in [0.1, 0.15) is 25.7 Å². The van der Waals surface area contributed by atoms with Crippen LogP contribution >= 0.6 is 11.8 Å². The van der Waals surface area contributed by atoms with Gasteiger partial charge in [0.15, 0.2) is 0 Å². The summed E-state index contributed by atoms with van der Waals surface area (Å²) in [6, 6.07) is 5.34. The molecule has 1 atom stereocenters. The SMILES string of the molecule is Nc1cc(F)ccc1SCCCC1CCCN1. The topological polar surface area (TPSA) is 38.0 Å². The Bertz CT molecular complexity index is 364. The van der Waals surface area contributed by atoms with Gasteiger partial charge in [0.25, 0.3) is 0 Å². The zero-order chi connectivity index (χ0) is 12.1. The highest BCUT2D eigenvalue weighted by atomic mass is 32.2. The van der Waals surface area contributed by atoms with Gasteiger partial charge in [-0.05, 0) is 56.2 Å². The largest absolute Gasteiger partial charge is 0.398 e. The van der Waals surface area contributed by atoms with Crippen molar-refractivity contribution in [2.24, 2.45) is 0 Å². The zero-order valence-electron chi connectivity index (χ0n) is 9.92. The molecule has 0 spiro atoms. The zero-order valence-corrected chi connectivity index (χ0v) is 10.7. The van der Waals surface area contributed by atoms with Crippen LogP contribution in [-0.2, 0) is 0 Å². The molecule has 0 radical (unpaired) electrons. The minimum atomic E-state index is -0.262. The van der Waals surface area contributed by atoms with E-state index in [0.717, 1.165) is 10.6 Å². The quantitative estimate of drug-likeness (QED) is 0.482. The van der Waals surface area contributed by atoms with Crippen LogP contribution in [0.4, 0.5) is 10.1 Å². The van der Waals surface area contributed by atoms with Gasteiger partial charge >= 0.3 is 0 Å². The molecule has 0 bridgehead atoms. The van der Waals surface area contributed by atoms with Crippen molar-refractivity contribution in [1.29, 1.82) is 0 Å². The molecule has 1 aliphatic rings. The first-order valence-corrected chi connectivity index (χ1v) is 7.15. The Labute approximate surface area is 106 Å². The number of nitrogens with one attached hydrogen (secondary N) is 1. The van der Waals surface area contributed by atoms with Crippen LogP contribution < -0.4 is 11.1 Å². The van der Waals surface area contributed by atoms with E-state index in [4.69, 9.17) is 5.73 Å². The van der Waals surface area contributed by atoms with E-state index in [1.54, 1.807) is 17.8 Å². The summed E-state index contributed by atoms with van der Waals surface area (Å²) in [7, 11) is 0. The Balaban J connectivity index is 1.70. The molecular formula is C13H19FN2S. The minimum Gasteiger partial charge on any atom is -0.398 e. The Hall–Kier alpha value is -0.740. The van der Waals surface area contributed by atoms with Crippen LogP contribution in [0.25, 0.3) is 0 Å². The molecule has 1 saturated heterocycles. The monoisotopic (exact) mass is 254 g/mol. The maximum atomic E-state index is 12.8. The van der Waals surface area contributed by atoms with E-state index in [1.807, 2.05) is 0 Å². The van der Waals surface area contributed by atoms with Gasteiger partial charge in [0.05, 0.1) is 0 Å². The lowest BCUT2D eigenvalue weighted by molar-refractivity contribution is 0.553. The van der Waals surface area contributed by atoms with Crippen LogP contribution in [0.5, 0.6) is 0 Å². The van der Waals surface area contributed by atoms with E-state index < -0.39 is 0 Å². The van der Waals surface area contributed by atoms with E-state index in [2.05, 4.69) is 5.32 Å². The Morgan fingerprint density at radius 1 is 1.47 bits per heavy atom. The average molecular weight is 254 g/mol. The first kappa shape index (κ1) is 12.7. The summed E-state index contributed by atoms with van der Waals surface area (Å²) in [6.45, 7) is 1.17. The summed E-state index contributed by atoms with van der Waals surface area (Å²) < 4.78 is 12.8. The molecule has 17 heavy (non-hydrogen) atoms. The lowest BCUT2D eigenvalue weighted by Gasteiger charge is -2.09. The number of benzene rings is 1. The number of rotatable bonds is 5. The molecule has 94 valence electrons.